The van der Waals surface area contributed by atoms with Crippen LogP contribution in [-0.2, 0) is 0 Å². The Labute approximate surface area is 94.3 Å². The summed E-state index contributed by atoms with van der Waals surface area (Å²) in [5.74, 6) is 0.850. The fourth-order valence-corrected chi connectivity index (χ4v) is 1.54. The first-order valence-corrected chi connectivity index (χ1v) is 4.78. The Bertz CT molecular complexity index is 655. The number of aromatic nitrogens is 6. The quantitative estimate of drug-likeness (QED) is 0.649. The third-order valence-electron chi connectivity index (χ3n) is 2.16. The number of anilines is 1. The minimum atomic E-state index is 0.330. The van der Waals surface area contributed by atoms with Gasteiger partial charge in [0.05, 0.1) is 12.5 Å². The van der Waals surface area contributed by atoms with Crippen LogP contribution in [0.4, 0.5) is 5.82 Å². The fourth-order valence-electron chi connectivity index (χ4n) is 1.42. The van der Waals surface area contributed by atoms with Crippen molar-refractivity contribution in [2.24, 2.45) is 0 Å². The van der Waals surface area contributed by atoms with Crippen molar-refractivity contribution >= 4 is 28.6 Å². The average molecular weight is 236 g/mol. The number of fused-ring (bicyclic) bond motifs is 1. The van der Waals surface area contributed by atoms with E-state index in [9.17, 15) is 0 Å². The van der Waals surface area contributed by atoms with E-state index in [-0.39, 0.29) is 0 Å². The third-order valence-corrected chi connectivity index (χ3v) is 2.45. The van der Waals surface area contributed by atoms with Crippen LogP contribution in [0, 0.1) is 0 Å². The number of nitrogens with zero attached hydrogens (tertiary/aromatic N) is 5. The molecular weight excluding hydrogens is 230 g/mol. The van der Waals surface area contributed by atoms with Gasteiger partial charge in [-0.25, -0.2) is 15.0 Å². The molecule has 0 aliphatic rings. The van der Waals surface area contributed by atoms with Crippen molar-refractivity contribution in [3.8, 4) is 5.82 Å². The van der Waals surface area contributed by atoms with E-state index < -0.39 is 0 Å². The molecule has 0 saturated carbocycles. The Morgan fingerprint density at radius 2 is 2.19 bits per heavy atom. The molecule has 3 aromatic heterocycles. The van der Waals surface area contributed by atoms with Crippen molar-refractivity contribution in [1.82, 2.24) is 29.7 Å². The van der Waals surface area contributed by atoms with Crippen molar-refractivity contribution in [2.75, 3.05) is 5.73 Å². The Balaban J connectivity index is 2.33. The number of nitrogen functional groups attached to an aromatic ring is 1. The first kappa shape index (κ1) is 9.10. The van der Waals surface area contributed by atoms with Crippen molar-refractivity contribution in [1.29, 1.82) is 0 Å². The molecule has 3 aromatic rings. The summed E-state index contributed by atoms with van der Waals surface area (Å²) in [5.41, 5.74) is 6.98. The standard InChI is InChI=1S/C8H6ClN7/c9-4-1-15-16(6(4)10)8-5-7(12-2-11-5)13-3-14-8/h1-3H,10H2,(H,11,12,13,14). The van der Waals surface area contributed by atoms with Gasteiger partial charge in [-0.1, -0.05) is 11.6 Å². The highest BCUT2D eigenvalue weighted by atomic mass is 35.5. The van der Waals surface area contributed by atoms with Gasteiger partial charge in [-0.2, -0.15) is 9.78 Å². The molecule has 3 N–H and O–H groups in total. The fraction of sp³-hybridized carbons (Fsp3) is 0. The number of nitrogens with one attached hydrogen (secondary N) is 1. The zero-order chi connectivity index (χ0) is 11.1. The van der Waals surface area contributed by atoms with Gasteiger partial charge >= 0.3 is 0 Å². The highest BCUT2D eigenvalue weighted by molar-refractivity contribution is 6.32. The maximum Gasteiger partial charge on any atom is 0.184 e. The van der Waals surface area contributed by atoms with Crippen molar-refractivity contribution in [3.63, 3.8) is 0 Å². The first-order chi connectivity index (χ1) is 7.77. The summed E-state index contributed by atoms with van der Waals surface area (Å²) in [6.07, 6.45) is 4.39. The van der Waals surface area contributed by atoms with E-state index in [2.05, 4.69) is 25.0 Å². The number of hydrogen-bond donors (Lipinski definition) is 2. The maximum atomic E-state index is 5.83. The predicted molar refractivity (Wildman–Crippen MR) is 58.2 cm³/mol. The summed E-state index contributed by atoms with van der Waals surface area (Å²) >= 11 is 5.83. The van der Waals surface area contributed by atoms with E-state index >= 15 is 0 Å². The summed E-state index contributed by atoms with van der Waals surface area (Å²) in [4.78, 5) is 15.0. The monoisotopic (exact) mass is 235 g/mol. The van der Waals surface area contributed by atoms with E-state index in [1.54, 1.807) is 0 Å². The lowest BCUT2D eigenvalue weighted by molar-refractivity contribution is 0.858. The summed E-state index contributed by atoms with van der Waals surface area (Å²) in [5, 5.41) is 4.42. The molecule has 0 aromatic carbocycles. The number of aromatic amines is 1. The molecule has 0 fully saturated rings. The van der Waals surface area contributed by atoms with Crippen molar-refractivity contribution in [2.45, 2.75) is 0 Å². The second-order valence-electron chi connectivity index (χ2n) is 3.09. The van der Waals surface area contributed by atoms with Crippen LogP contribution < -0.4 is 5.73 Å². The molecule has 0 saturated heterocycles. The number of rotatable bonds is 1. The van der Waals surface area contributed by atoms with Gasteiger partial charge in [0.15, 0.2) is 11.5 Å². The zero-order valence-electron chi connectivity index (χ0n) is 7.92. The molecule has 0 amide bonds. The van der Waals surface area contributed by atoms with Gasteiger partial charge in [0, 0.05) is 0 Å². The Kier molecular flexibility index (Phi) is 1.80. The van der Waals surface area contributed by atoms with Gasteiger partial charge in [0.25, 0.3) is 0 Å². The van der Waals surface area contributed by atoms with Gasteiger partial charge in [-0.05, 0) is 0 Å². The van der Waals surface area contributed by atoms with E-state index in [0.29, 0.717) is 27.8 Å². The van der Waals surface area contributed by atoms with Gasteiger partial charge in [-0.15, -0.1) is 0 Å². The van der Waals surface area contributed by atoms with E-state index in [0.717, 1.165) is 0 Å². The normalized spacial score (nSPS) is 11.1. The van der Waals surface area contributed by atoms with Gasteiger partial charge in [-0.3, -0.25) is 0 Å². The molecule has 0 radical (unpaired) electrons. The van der Waals surface area contributed by atoms with Crippen LogP contribution in [0.25, 0.3) is 17.0 Å². The molecule has 0 unspecified atom stereocenters. The lowest BCUT2D eigenvalue weighted by atomic mass is 10.5. The molecule has 0 atom stereocenters. The molecule has 80 valence electrons. The van der Waals surface area contributed by atoms with Crippen LogP contribution in [0.3, 0.4) is 0 Å². The van der Waals surface area contributed by atoms with Crippen LogP contribution >= 0.6 is 11.6 Å². The van der Waals surface area contributed by atoms with Crippen LogP contribution in [0.5, 0.6) is 0 Å². The second-order valence-corrected chi connectivity index (χ2v) is 3.50. The molecule has 0 aliphatic carbocycles. The smallest absolute Gasteiger partial charge is 0.184 e. The Morgan fingerprint density at radius 1 is 1.31 bits per heavy atom. The van der Waals surface area contributed by atoms with Crippen LogP contribution in [0.1, 0.15) is 0 Å². The van der Waals surface area contributed by atoms with E-state index in [1.807, 2.05) is 0 Å². The molecule has 3 rings (SSSR count). The number of nitrogens with two attached hydrogens (primary N) is 1. The van der Waals surface area contributed by atoms with Crippen molar-refractivity contribution < 1.29 is 0 Å². The third kappa shape index (κ3) is 1.15. The summed E-state index contributed by atoms with van der Waals surface area (Å²) in [7, 11) is 0. The molecule has 0 spiro atoms. The SMILES string of the molecule is Nc1c(Cl)cnn1-c1ncnc2nc[nH]c12. The predicted octanol–water partition coefficient (Wildman–Crippen LogP) is 0.774. The number of H-pyrrole nitrogens is 1. The van der Waals surface area contributed by atoms with Crippen LogP contribution in [0.2, 0.25) is 5.02 Å². The summed E-state index contributed by atoms with van der Waals surface area (Å²) < 4.78 is 1.44. The molecule has 0 aliphatic heterocycles. The summed E-state index contributed by atoms with van der Waals surface area (Å²) in [6.45, 7) is 0. The largest absolute Gasteiger partial charge is 0.382 e. The minimum absolute atomic E-state index is 0.330. The van der Waals surface area contributed by atoms with E-state index in [1.165, 1.54) is 23.5 Å². The van der Waals surface area contributed by atoms with Gasteiger partial charge in [0.2, 0.25) is 0 Å². The van der Waals surface area contributed by atoms with Gasteiger partial charge < -0.3 is 10.7 Å². The summed E-state index contributed by atoms with van der Waals surface area (Å²) in [6, 6.07) is 0. The zero-order valence-corrected chi connectivity index (χ0v) is 8.68. The Hall–Kier alpha value is -2.15. The maximum absolute atomic E-state index is 5.83. The minimum Gasteiger partial charge on any atom is -0.382 e. The van der Waals surface area contributed by atoms with Crippen LogP contribution in [0.15, 0.2) is 18.9 Å². The lowest BCUT2D eigenvalue weighted by Gasteiger charge is -2.02. The molecule has 8 heteroatoms. The molecule has 16 heavy (non-hydrogen) atoms. The average Bonchev–Trinajstić information content (AvgIpc) is 2.87. The second kappa shape index (κ2) is 3.17. The van der Waals surface area contributed by atoms with Gasteiger partial charge in [0.1, 0.15) is 22.7 Å². The Morgan fingerprint density at radius 3 is 2.94 bits per heavy atom. The highest BCUT2D eigenvalue weighted by Crippen LogP contribution is 2.22. The number of hydrogen-bond acceptors (Lipinski definition) is 5. The number of imidazole rings is 1. The van der Waals surface area contributed by atoms with E-state index in [4.69, 9.17) is 17.3 Å². The van der Waals surface area contributed by atoms with Crippen molar-refractivity contribution in [3.05, 3.63) is 23.9 Å². The van der Waals surface area contributed by atoms with Crippen LogP contribution in [-0.4, -0.2) is 29.7 Å². The highest BCUT2D eigenvalue weighted by Gasteiger charge is 2.12. The first-order valence-electron chi connectivity index (χ1n) is 4.41. The lowest BCUT2D eigenvalue weighted by Crippen LogP contribution is -2.05. The molecular formula is C8H6ClN7. The molecule has 0 bridgehead atoms. The number of halogens is 1. The molecule has 3 heterocycles. The topological polar surface area (TPSA) is 98.3 Å². The molecule has 7 nitrogen and oxygen atoms in total.